The summed E-state index contributed by atoms with van der Waals surface area (Å²) in [5, 5.41) is 4.08. The van der Waals surface area contributed by atoms with Gasteiger partial charge in [0.05, 0.1) is 11.7 Å². The molecule has 0 radical (unpaired) electrons. The molecule has 0 bridgehead atoms. The van der Waals surface area contributed by atoms with Crippen molar-refractivity contribution >= 4 is 17.3 Å². The smallest absolute Gasteiger partial charge is 0.170 e. The van der Waals surface area contributed by atoms with E-state index >= 15 is 0 Å². The number of benzene rings is 1. The third-order valence-electron chi connectivity index (χ3n) is 4.74. The second-order valence-electron chi connectivity index (χ2n) is 6.84. The van der Waals surface area contributed by atoms with E-state index in [1.165, 1.54) is 12.1 Å². The number of rotatable bonds is 4. The molecule has 1 saturated heterocycles. The first-order chi connectivity index (χ1) is 13.0. The molecule has 3 aromatic rings. The summed E-state index contributed by atoms with van der Waals surface area (Å²) in [5.74, 6) is 1.23. The van der Waals surface area contributed by atoms with E-state index in [0.717, 1.165) is 17.0 Å². The molecule has 1 aliphatic rings. The van der Waals surface area contributed by atoms with Gasteiger partial charge in [-0.15, -0.1) is 0 Å². The average Bonchev–Trinajstić information content (AvgIpc) is 3.27. The van der Waals surface area contributed by atoms with Crippen molar-refractivity contribution in [1.82, 2.24) is 15.2 Å². The lowest BCUT2D eigenvalue weighted by molar-refractivity contribution is 0.237. The van der Waals surface area contributed by atoms with E-state index in [2.05, 4.69) is 29.0 Å². The number of nitrogens with zero attached hydrogens (tertiary/aromatic N) is 2. The van der Waals surface area contributed by atoms with Gasteiger partial charge in [-0.25, -0.2) is 4.39 Å². The van der Waals surface area contributed by atoms with Crippen molar-refractivity contribution in [2.75, 3.05) is 0 Å². The third kappa shape index (κ3) is 3.32. The van der Waals surface area contributed by atoms with Gasteiger partial charge in [0.15, 0.2) is 5.11 Å². The molecule has 2 aromatic heterocycles. The van der Waals surface area contributed by atoms with Gasteiger partial charge in [-0.1, -0.05) is 6.07 Å². The topological polar surface area (TPSA) is 41.3 Å². The Morgan fingerprint density at radius 1 is 1.11 bits per heavy atom. The maximum Gasteiger partial charge on any atom is 0.170 e. The fourth-order valence-corrected chi connectivity index (χ4v) is 3.96. The molecule has 0 unspecified atom stereocenters. The monoisotopic (exact) mass is 381 g/mol. The Balaban J connectivity index is 1.74. The van der Waals surface area contributed by atoms with Crippen LogP contribution in [-0.2, 0) is 0 Å². The minimum atomic E-state index is -0.267. The molecule has 0 spiro atoms. The molecule has 0 saturated carbocycles. The highest BCUT2D eigenvalue weighted by Gasteiger charge is 2.42. The van der Waals surface area contributed by atoms with Crippen LogP contribution in [0.4, 0.5) is 4.39 Å². The van der Waals surface area contributed by atoms with Crippen molar-refractivity contribution in [2.45, 2.75) is 32.0 Å². The number of hydrogen-bond acceptors (Lipinski definition) is 3. The molecule has 2 atom stereocenters. The summed E-state index contributed by atoms with van der Waals surface area (Å²) < 4.78 is 19.4. The summed E-state index contributed by atoms with van der Waals surface area (Å²) in [5.41, 5.74) is 1.74. The quantitative estimate of drug-likeness (QED) is 0.654. The van der Waals surface area contributed by atoms with Gasteiger partial charge in [-0.05, 0) is 74.6 Å². The largest absolute Gasteiger partial charge is 0.459 e. The highest BCUT2D eigenvalue weighted by atomic mass is 32.1. The third-order valence-corrected chi connectivity index (χ3v) is 5.07. The maximum atomic E-state index is 13.2. The second-order valence-corrected chi connectivity index (χ2v) is 7.22. The summed E-state index contributed by atoms with van der Waals surface area (Å²) in [6, 6.07) is 16.0. The van der Waals surface area contributed by atoms with Crippen LogP contribution in [0, 0.1) is 5.82 Å². The zero-order valence-electron chi connectivity index (χ0n) is 15.1. The first kappa shape index (κ1) is 17.7. The SMILES string of the molecule is CC(C)N1C(=S)N[C@H](c2ccccn2)[C@@H]1c1ccc(-c2ccc(F)cc2)o1. The standard InChI is InChI=1S/C21H20FN3OS/c1-13(2)25-20(19(24-21(25)27)16-5-3-4-12-23-16)18-11-10-17(26-18)14-6-8-15(22)9-7-14/h3-13,19-20H,1-2H3,(H,24,27)/t19-,20+/m1/s1. The van der Waals surface area contributed by atoms with E-state index in [9.17, 15) is 4.39 Å². The lowest BCUT2D eigenvalue weighted by Gasteiger charge is -2.29. The Bertz CT molecular complexity index is 940. The predicted molar refractivity (Wildman–Crippen MR) is 107 cm³/mol. The molecule has 1 aromatic carbocycles. The van der Waals surface area contributed by atoms with Crippen molar-refractivity contribution in [1.29, 1.82) is 0 Å². The number of aromatic nitrogens is 1. The normalized spacial score (nSPS) is 19.6. The fraction of sp³-hybridized carbons (Fsp3) is 0.238. The van der Waals surface area contributed by atoms with Crippen LogP contribution in [0.2, 0.25) is 0 Å². The van der Waals surface area contributed by atoms with E-state index in [0.29, 0.717) is 10.9 Å². The first-order valence-corrected chi connectivity index (χ1v) is 9.31. The van der Waals surface area contributed by atoms with Gasteiger partial charge in [-0.2, -0.15) is 0 Å². The second kappa shape index (κ2) is 7.12. The van der Waals surface area contributed by atoms with Crippen LogP contribution in [0.3, 0.4) is 0 Å². The lowest BCUT2D eigenvalue weighted by atomic mass is 10.0. The fourth-order valence-electron chi connectivity index (χ4n) is 3.51. The molecule has 138 valence electrons. The lowest BCUT2D eigenvalue weighted by Crippen LogP contribution is -2.35. The number of pyridine rings is 1. The Morgan fingerprint density at radius 2 is 1.89 bits per heavy atom. The van der Waals surface area contributed by atoms with E-state index in [-0.39, 0.29) is 23.9 Å². The van der Waals surface area contributed by atoms with Crippen LogP contribution in [-0.4, -0.2) is 21.0 Å². The molecule has 1 N–H and O–H groups in total. The summed E-state index contributed by atoms with van der Waals surface area (Å²) in [6.07, 6.45) is 1.78. The summed E-state index contributed by atoms with van der Waals surface area (Å²) in [7, 11) is 0. The highest BCUT2D eigenvalue weighted by molar-refractivity contribution is 7.80. The number of thiocarbonyl (C=S) groups is 1. The molecular formula is C21H20FN3OS. The van der Waals surface area contributed by atoms with E-state index in [4.69, 9.17) is 16.6 Å². The van der Waals surface area contributed by atoms with Crippen LogP contribution >= 0.6 is 12.2 Å². The summed E-state index contributed by atoms with van der Waals surface area (Å²) >= 11 is 5.59. The molecule has 1 fully saturated rings. The molecule has 4 rings (SSSR count). The van der Waals surface area contributed by atoms with Crippen LogP contribution < -0.4 is 5.32 Å². The molecule has 0 amide bonds. The molecule has 4 nitrogen and oxygen atoms in total. The number of nitrogens with one attached hydrogen (secondary N) is 1. The predicted octanol–water partition coefficient (Wildman–Crippen LogP) is 4.86. The molecule has 1 aliphatic heterocycles. The van der Waals surface area contributed by atoms with Gasteiger partial charge in [-0.3, -0.25) is 4.98 Å². The summed E-state index contributed by atoms with van der Waals surface area (Å²) in [4.78, 5) is 6.65. The maximum absolute atomic E-state index is 13.2. The van der Waals surface area contributed by atoms with Crippen LogP contribution in [0.5, 0.6) is 0 Å². The summed E-state index contributed by atoms with van der Waals surface area (Å²) in [6.45, 7) is 4.21. The highest BCUT2D eigenvalue weighted by Crippen LogP contribution is 2.41. The van der Waals surface area contributed by atoms with Gasteiger partial charge < -0.3 is 14.6 Å². The van der Waals surface area contributed by atoms with Gasteiger partial charge >= 0.3 is 0 Å². The average molecular weight is 381 g/mol. The van der Waals surface area contributed by atoms with Gasteiger partial charge in [0.2, 0.25) is 0 Å². The van der Waals surface area contributed by atoms with Crippen molar-refractivity contribution < 1.29 is 8.81 Å². The Hall–Kier alpha value is -2.73. The minimum Gasteiger partial charge on any atom is -0.459 e. The van der Waals surface area contributed by atoms with Gasteiger partial charge in [0.25, 0.3) is 0 Å². The van der Waals surface area contributed by atoms with Gasteiger partial charge in [0.1, 0.15) is 23.4 Å². The molecular weight excluding hydrogens is 361 g/mol. The zero-order valence-corrected chi connectivity index (χ0v) is 15.9. The van der Waals surface area contributed by atoms with Crippen LogP contribution in [0.15, 0.2) is 65.2 Å². The molecule has 3 heterocycles. The van der Waals surface area contributed by atoms with Crippen molar-refractivity contribution in [3.8, 4) is 11.3 Å². The van der Waals surface area contributed by atoms with Crippen molar-refractivity contribution in [3.63, 3.8) is 0 Å². The van der Waals surface area contributed by atoms with Crippen molar-refractivity contribution in [3.05, 3.63) is 78.1 Å². The number of halogens is 1. The molecule has 6 heteroatoms. The van der Waals surface area contributed by atoms with E-state index in [1.54, 1.807) is 18.3 Å². The zero-order chi connectivity index (χ0) is 19.0. The first-order valence-electron chi connectivity index (χ1n) is 8.90. The minimum absolute atomic E-state index is 0.103. The Kier molecular flexibility index (Phi) is 4.66. The van der Waals surface area contributed by atoms with Crippen LogP contribution in [0.25, 0.3) is 11.3 Å². The van der Waals surface area contributed by atoms with E-state index < -0.39 is 0 Å². The Morgan fingerprint density at radius 3 is 2.56 bits per heavy atom. The van der Waals surface area contributed by atoms with Crippen LogP contribution in [0.1, 0.15) is 37.4 Å². The van der Waals surface area contributed by atoms with Gasteiger partial charge in [0, 0.05) is 17.8 Å². The molecule has 0 aliphatic carbocycles. The Labute approximate surface area is 163 Å². The van der Waals surface area contributed by atoms with Crippen molar-refractivity contribution in [2.24, 2.45) is 0 Å². The van der Waals surface area contributed by atoms with E-state index in [1.807, 2.05) is 30.3 Å². The number of furan rings is 1. The number of hydrogen-bond donors (Lipinski definition) is 1. The molecule has 27 heavy (non-hydrogen) atoms.